The van der Waals surface area contributed by atoms with E-state index in [1.807, 2.05) is 22.2 Å². The predicted octanol–water partition coefficient (Wildman–Crippen LogP) is 3.07. The summed E-state index contributed by atoms with van der Waals surface area (Å²) in [6.07, 6.45) is 16.7. The van der Waals surface area contributed by atoms with Crippen LogP contribution in [-0.2, 0) is 0 Å². The topological polar surface area (TPSA) is 77.0 Å². The molecule has 2 unspecified atom stereocenters. The maximum Gasteiger partial charge on any atom is 0.317 e. The number of piperidine rings is 1. The maximum absolute atomic E-state index is 12.6. The lowest BCUT2D eigenvalue weighted by atomic mass is 9.91. The van der Waals surface area contributed by atoms with Gasteiger partial charge in [-0.2, -0.15) is 0 Å². The van der Waals surface area contributed by atoms with Crippen molar-refractivity contribution in [3.63, 3.8) is 0 Å². The zero-order valence-corrected chi connectivity index (χ0v) is 18.2. The number of amides is 4. The van der Waals surface area contributed by atoms with Crippen LogP contribution >= 0.6 is 0 Å². The van der Waals surface area contributed by atoms with Gasteiger partial charge in [-0.25, -0.2) is 9.59 Å². The van der Waals surface area contributed by atoms with Gasteiger partial charge < -0.3 is 20.4 Å². The number of carbonyl (C=O) groups is 2. The van der Waals surface area contributed by atoms with E-state index in [0.717, 1.165) is 58.3 Å². The van der Waals surface area contributed by atoms with Crippen LogP contribution in [0.5, 0.6) is 0 Å². The lowest BCUT2D eigenvalue weighted by Crippen LogP contribution is -2.46. The third-order valence-electron chi connectivity index (χ3n) is 7.78. The van der Waals surface area contributed by atoms with Gasteiger partial charge in [0, 0.05) is 57.6 Å². The fourth-order valence-corrected chi connectivity index (χ4v) is 5.56. The first kappa shape index (κ1) is 20.3. The molecule has 0 aromatic heterocycles. The molecule has 2 N–H and O–H groups in total. The van der Waals surface area contributed by atoms with Crippen LogP contribution in [0.3, 0.4) is 0 Å². The highest BCUT2D eigenvalue weighted by Gasteiger charge is 2.55. The quantitative estimate of drug-likeness (QED) is 0.729. The van der Waals surface area contributed by atoms with Crippen LogP contribution in [0.15, 0.2) is 40.6 Å². The van der Waals surface area contributed by atoms with Gasteiger partial charge in [-0.15, -0.1) is 0 Å². The molecule has 0 aromatic rings. The van der Waals surface area contributed by atoms with Gasteiger partial charge in [0.2, 0.25) is 0 Å². The monoisotopic (exact) mass is 423 g/mol. The van der Waals surface area contributed by atoms with E-state index in [-0.39, 0.29) is 12.1 Å². The highest BCUT2D eigenvalue weighted by Crippen LogP contribution is 2.59. The standard InChI is InChI=1S/C24H33N5O2/c30-22(26-13-18-4-2-1-3-5-18)28-10-7-24(8-11-28)12-21(24)15-27-23(31)29-16-19-6-9-25-14-20(19)17-29/h2,4-5,9,14,19,21H,1,3,6-8,10-13,15-17H2,(H,26,30)(H,27,31). The second-order valence-electron chi connectivity index (χ2n) is 9.70. The Bertz CT molecular complexity index is 850. The van der Waals surface area contributed by atoms with Crippen LogP contribution in [0.25, 0.3) is 0 Å². The summed E-state index contributed by atoms with van der Waals surface area (Å²) >= 11 is 0. The number of rotatable bonds is 4. The molecule has 7 heteroatoms. The molecule has 0 aromatic carbocycles. The molecular weight excluding hydrogens is 390 g/mol. The molecule has 2 aliphatic carbocycles. The van der Waals surface area contributed by atoms with Crippen molar-refractivity contribution in [1.82, 2.24) is 20.4 Å². The molecule has 3 aliphatic heterocycles. The Morgan fingerprint density at radius 3 is 2.74 bits per heavy atom. The minimum atomic E-state index is 0.0500. The molecule has 2 saturated heterocycles. The Hall–Kier alpha value is -2.57. The highest BCUT2D eigenvalue weighted by molar-refractivity contribution is 5.76. The first-order chi connectivity index (χ1) is 15.1. The number of nitrogens with zero attached hydrogens (tertiary/aromatic N) is 3. The number of allylic oxidation sites excluding steroid dienone is 2. The highest BCUT2D eigenvalue weighted by atomic mass is 16.2. The Morgan fingerprint density at radius 1 is 1.13 bits per heavy atom. The fourth-order valence-electron chi connectivity index (χ4n) is 5.56. The molecule has 5 aliphatic rings. The molecule has 1 spiro atoms. The molecule has 2 atom stereocenters. The van der Waals surface area contributed by atoms with Crippen molar-refractivity contribution in [2.24, 2.45) is 22.2 Å². The van der Waals surface area contributed by atoms with Gasteiger partial charge in [-0.1, -0.05) is 18.2 Å². The summed E-state index contributed by atoms with van der Waals surface area (Å²) in [5.41, 5.74) is 2.81. The number of likely N-dealkylation sites (tertiary alicyclic amines) is 2. The Morgan fingerprint density at radius 2 is 1.97 bits per heavy atom. The number of hydrogen-bond donors (Lipinski definition) is 2. The minimum absolute atomic E-state index is 0.0500. The van der Waals surface area contributed by atoms with E-state index < -0.39 is 0 Å². The number of aliphatic imine (C=N–C) groups is 1. The Kier molecular flexibility index (Phi) is 5.59. The van der Waals surface area contributed by atoms with Crippen molar-refractivity contribution in [3.8, 4) is 0 Å². The SMILES string of the molecule is O=C(NCC1=CCCC=C1)N1CCC2(CC1)CC2CNC(=O)N1CC2=CN=CCC2C1. The smallest absolute Gasteiger partial charge is 0.317 e. The van der Waals surface area contributed by atoms with Crippen LogP contribution in [0.1, 0.15) is 38.5 Å². The third kappa shape index (κ3) is 4.41. The van der Waals surface area contributed by atoms with Crippen LogP contribution in [0, 0.1) is 17.3 Å². The van der Waals surface area contributed by atoms with E-state index in [1.54, 1.807) is 0 Å². The Labute approximate surface area is 184 Å². The molecule has 4 amide bonds. The number of carbonyl (C=O) groups excluding carboxylic acids is 2. The van der Waals surface area contributed by atoms with E-state index in [9.17, 15) is 9.59 Å². The molecule has 166 valence electrons. The van der Waals surface area contributed by atoms with Gasteiger partial charge in [0.1, 0.15) is 0 Å². The molecule has 7 nitrogen and oxygen atoms in total. The molecule has 0 radical (unpaired) electrons. The summed E-state index contributed by atoms with van der Waals surface area (Å²) in [5, 5.41) is 6.24. The summed E-state index contributed by atoms with van der Waals surface area (Å²) in [6.45, 7) is 4.51. The molecule has 5 rings (SSSR count). The number of hydrogen-bond acceptors (Lipinski definition) is 3. The normalized spacial score (nSPS) is 28.1. The van der Waals surface area contributed by atoms with Crippen LogP contribution < -0.4 is 10.6 Å². The van der Waals surface area contributed by atoms with Gasteiger partial charge in [-0.3, -0.25) is 4.99 Å². The first-order valence-corrected chi connectivity index (χ1v) is 11.7. The summed E-state index contributed by atoms with van der Waals surface area (Å²) in [6, 6.07) is 0.106. The van der Waals surface area contributed by atoms with Crippen molar-refractivity contribution in [1.29, 1.82) is 0 Å². The average molecular weight is 424 g/mol. The van der Waals surface area contributed by atoms with Gasteiger partial charge >= 0.3 is 12.1 Å². The van der Waals surface area contributed by atoms with Crippen molar-refractivity contribution in [3.05, 3.63) is 35.6 Å². The number of nitrogens with one attached hydrogen (secondary N) is 2. The largest absolute Gasteiger partial charge is 0.338 e. The molecule has 1 saturated carbocycles. The minimum Gasteiger partial charge on any atom is -0.338 e. The van der Waals surface area contributed by atoms with Gasteiger partial charge in [0.25, 0.3) is 0 Å². The zero-order chi connectivity index (χ0) is 21.3. The van der Waals surface area contributed by atoms with Crippen LogP contribution in [-0.4, -0.2) is 67.3 Å². The zero-order valence-electron chi connectivity index (χ0n) is 18.2. The van der Waals surface area contributed by atoms with Crippen LogP contribution in [0.4, 0.5) is 9.59 Å². The summed E-state index contributed by atoms with van der Waals surface area (Å²) < 4.78 is 0. The van der Waals surface area contributed by atoms with Crippen molar-refractivity contribution < 1.29 is 9.59 Å². The van der Waals surface area contributed by atoms with E-state index in [4.69, 9.17) is 0 Å². The molecule has 3 heterocycles. The molecular formula is C24H33N5O2. The lowest BCUT2D eigenvalue weighted by Gasteiger charge is -2.33. The number of fused-ring (bicyclic) bond motifs is 1. The fraction of sp³-hybridized carbons (Fsp3) is 0.625. The molecule has 0 bridgehead atoms. The maximum atomic E-state index is 12.6. The van der Waals surface area contributed by atoms with Gasteiger partial charge in [0.15, 0.2) is 0 Å². The second kappa shape index (κ2) is 8.52. The van der Waals surface area contributed by atoms with Gasteiger partial charge in [0.05, 0.1) is 0 Å². The average Bonchev–Trinajstić information content (AvgIpc) is 3.28. The van der Waals surface area contributed by atoms with Crippen molar-refractivity contribution >= 4 is 18.3 Å². The second-order valence-corrected chi connectivity index (χ2v) is 9.70. The first-order valence-electron chi connectivity index (χ1n) is 11.7. The van der Waals surface area contributed by atoms with Crippen molar-refractivity contribution in [2.45, 2.75) is 38.5 Å². The van der Waals surface area contributed by atoms with E-state index >= 15 is 0 Å². The summed E-state index contributed by atoms with van der Waals surface area (Å²) in [5.74, 6) is 1.00. The molecule has 3 fully saturated rings. The van der Waals surface area contributed by atoms with Gasteiger partial charge in [-0.05, 0) is 61.0 Å². The van der Waals surface area contributed by atoms with Crippen molar-refractivity contribution in [2.75, 3.05) is 39.3 Å². The van der Waals surface area contributed by atoms with E-state index in [2.05, 4.69) is 33.9 Å². The predicted molar refractivity (Wildman–Crippen MR) is 121 cm³/mol. The molecule has 31 heavy (non-hydrogen) atoms. The third-order valence-corrected chi connectivity index (χ3v) is 7.78. The lowest BCUT2D eigenvalue weighted by molar-refractivity contribution is 0.160. The van der Waals surface area contributed by atoms with E-state index in [1.165, 1.54) is 17.6 Å². The summed E-state index contributed by atoms with van der Waals surface area (Å²) in [4.78, 5) is 33.2. The summed E-state index contributed by atoms with van der Waals surface area (Å²) in [7, 11) is 0. The number of urea groups is 2. The Balaban J connectivity index is 1.02. The van der Waals surface area contributed by atoms with Crippen LogP contribution in [0.2, 0.25) is 0 Å². The van der Waals surface area contributed by atoms with E-state index in [0.29, 0.717) is 30.3 Å².